The molecule has 106 valence electrons. The number of nitrogens with zero attached hydrogens (tertiary/aromatic N) is 3. The molecule has 0 radical (unpaired) electrons. The lowest BCUT2D eigenvalue weighted by Crippen LogP contribution is -2.33. The number of aromatic nitrogens is 2. The molecule has 0 unspecified atom stereocenters. The fraction of sp³-hybridized carbons (Fsp3) is 0.643. The average Bonchev–Trinajstić information content (AvgIpc) is 2.36. The summed E-state index contributed by atoms with van der Waals surface area (Å²) >= 11 is 0. The fourth-order valence-corrected chi connectivity index (χ4v) is 1.86. The molecule has 0 saturated carbocycles. The lowest BCUT2D eigenvalue weighted by atomic mass is 10.2. The van der Waals surface area contributed by atoms with Gasteiger partial charge >= 0.3 is 0 Å². The van der Waals surface area contributed by atoms with Gasteiger partial charge in [-0.2, -0.15) is 5.10 Å². The van der Waals surface area contributed by atoms with Crippen molar-refractivity contribution < 1.29 is 4.79 Å². The van der Waals surface area contributed by atoms with Crippen molar-refractivity contribution in [3.63, 3.8) is 0 Å². The molecule has 19 heavy (non-hydrogen) atoms. The molecule has 5 nitrogen and oxygen atoms in total. The van der Waals surface area contributed by atoms with Crippen LogP contribution in [0.4, 0.5) is 0 Å². The Kier molecular flexibility index (Phi) is 5.73. The van der Waals surface area contributed by atoms with E-state index in [4.69, 9.17) is 0 Å². The number of carbonyl (C=O) groups is 1. The van der Waals surface area contributed by atoms with E-state index in [9.17, 15) is 9.59 Å². The van der Waals surface area contributed by atoms with Crippen LogP contribution in [-0.2, 0) is 6.54 Å². The van der Waals surface area contributed by atoms with E-state index < -0.39 is 0 Å². The summed E-state index contributed by atoms with van der Waals surface area (Å²) in [7, 11) is 1.76. The predicted molar refractivity (Wildman–Crippen MR) is 75.2 cm³/mol. The molecule has 0 aliphatic heterocycles. The van der Waals surface area contributed by atoms with Crippen LogP contribution in [0.5, 0.6) is 0 Å². The summed E-state index contributed by atoms with van der Waals surface area (Å²) in [4.78, 5) is 25.4. The SMILES string of the molecule is CCCCn1nc(C(=O)N(C)CC(C)C)ccc1=O. The van der Waals surface area contributed by atoms with Crippen LogP contribution in [0.2, 0.25) is 0 Å². The molecule has 1 heterocycles. The minimum Gasteiger partial charge on any atom is -0.340 e. The largest absolute Gasteiger partial charge is 0.340 e. The Morgan fingerprint density at radius 2 is 2.11 bits per heavy atom. The van der Waals surface area contributed by atoms with Crippen LogP contribution in [0, 0.1) is 5.92 Å². The molecule has 1 aromatic heterocycles. The Bertz CT molecular complexity index is 480. The molecule has 1 aromatic rings. The van der Waals surface area contributed by atoms with Crippen LogP contribution in [-0.4, -0.2) is 34.2 Å². The maximum Gasteiger partial charge on any atom is 0.274 e. The highest BCUT2D eigenvalue weighted by Crippen LogP contribution is 2.02. The van der Waals surface area contributed by atoms with Crippen LogP contribution >= 0.6 is 0 Å². The summed E-state index contributed by atoms with van der Waals surface area (Å²) in [6, 6.07) is 2.92. The zero-order valence-corrected chi connectivity index (χ0v) is 12.2. The second-order valence-electron chi connectivity index (χ2n) is 5.21. The van der Waals surface area contributed by atoms with Crippen molar-refractivity contribution in [2.24, 2.45) is 5.92 Å². The Morgan fingerprint density at radius 3 is 2.68 bits per heavy atom. The van der Waals surface area contributed by atoms with Crippen LogP contribution in [0.1, 0.15) is 44.1 Å². The molecule has 1 rings (SSSR count). The Labute approximate surface area is 114 Å². The summed E-state index contributed by atoms with van der Waals surface area (Å²) in [5, 5.41) is 4.15. The number of aryl methyl sites for hydroxylation is 1. The Hall–Kier alpha value is -1.65. The molecular weight excluding hydrogens is 242 g/mol. The van der Waals surface area contributed by atoms with Gasteiger partial charge in [-0.15, -0.1) is 0 Å². The summed E-state index contributed by atoms with van der Waals surface area (Å²) in [5.74, 6) is 0.263. The number of amides is 1. The van der Waals surface area contributed by atoms with Crippen molar-refractivity contribution in [3.05, 3.63) is 28.2 Å². The van der Waals surface area contributed by atoms with E-state index in [1.807, 2.05) is 0 Å². The van der Waals surface area contributed by atoms with E-state index in [2.05, 4.69) is 25.9 Å². The first-order valence-corrected chi connectivity index (χ1v) is 6.79. The van der Waals surface area contributed by atoms with E-state index in [1.165, 1.54) is 16.8 Å². The van der Waals surface area contributed by atoms with E-state index in [-0.39, 0.29) is 11.5 Å². The lowest BCUT2D eigenvalue weighted by molar-refractivity contribution is 0.0770. The first kappa shape index (κ1) is 15.4. The van der Waals surface area contributed by atoms with Crippen molar-refractivity contribution in [3.8, 4) is 0 Å². The van der Waals surface area contributed by atoms with E-state index in [0.717, 1.165) is 12.8 Å². The van der Waals surface area contributed by atoms with Gasteiger partial charge in [0.05, 0.1) is 0 Å². The summed E-state index contributed by atoms with van der Waals surface area (Å²) < 4.78 is 1.37. The first-order valence-electron chi connectivity index (χ1n) is 6.79. The van der Waals surface area contributed by atoms with Gasteiger partial charge in [-0.3, -0.25) is 9.59 Å². The summed E-state index contributed by atoms with van der Waals surface area (Å²) in [5.41, 5.74) is 0.176. The first-order chi connectivity index (χ1) is 8.95. The van der Waals surface area contributed by atoms with Gasteiger partial charge in [0.15, 0.2) is 0 Å². The maximum absolute atomic E-state index is 12.2. The van der Waals surface area contributed by atoms with Gasteiger partial charge in [-0.1, -0.05) is 27.2 Å². The van der Waals surface area contributed by atoms with Gasteiger partial charge in [-0.05, 0) is 18.4 Å². The predicted octanol–water partition coefficient (Wildman–Crippen LogP) is 1.77. The smallest absolute Gasteiger partial charge is 0.274 e. The molecule has 5 heteroatoms. The molecule has 0 spiro atoms. The second-order valence-corrected chi connectivity index (χ2v) is 5.21. The number of carbonyl (C=O) groups excluding carboxylic acids is 1. The number of hydrogen-bond acceptors (Lipinski definition) is 3. The molecule has 0 aliphatic rings. The highest BCUT2D eigenvalue weighted by Gasteiger charge is 2.15. The van der Waals surface area contributed by atoms with Crippen molar-refractivity contribution in [2.45, 2.75) is 40.2 Å². The lowest BCUT2D eigenvalue weighted by Gasteiger charge is -2.19. The van der Waals surface area contributed by atoms with E-state index in [1.54, 1.807) is 11.9 Å². The zero-order chi connectivity index (χ0) is 14.4. The van der Waals surface area contributed by atoms with Crippen LogP contribution < -0.4 is 5.56 Å². The highest BCUT2D eigenvalue weighted by molar-refractivity contribution is 5.91. The van der Waals surface area contributed by atoms with Gasteiger partial charge < -0.3 is 4.90 Å². The van der Waals surface area contributed by atoms with Crippen LogP contribution in [0.15, 0.2) is 16.9 Å². The molecule has 0 fully saturated rings. The summed E-state index contributed by atoms with van der Waals surface area (Å²) in [6.07, 6.45) is 1.87. The van der Waals surface area contributed by atoms with Gasteiger partial charge in [0.2, 0.25) is 0 Å². The van der Waals surface area contributed by atoms with E-state index in [0.29, 0.717) is 24.7 Å². The quantitative estimate of drug-likeness (QED) is 0.787. The van der Waals surface area contributed by atoms with Crippen molar-refractivity contribution in [2.75, 3.05) is 13.6 Å². The van der Waals surface area contributed by atoms with Crippen molar-refractivity contribution in [1.82, 2.24) is 14.7 Å². The third kappa shape index (κ3) is 4.50. The zero-order valence-electron chi connectivity index (χ0n) is 12.2. The standard InChI is InChI=1S/C14H23N3O2/c1-5-6-9-17-13(18)8-7-12(15-17)14(19)16(4)10-11(2)3/h7-8,11H,5-6,9-10H2,1-4H3. The number of rotatable bonds is 6. The average molecular weight is 265 g/mol. The minimum absolute atomic E-state index is 0.140. The second kappa shape index (κ2) is 7.07. The van der Waals surface area contributed by atoms with Crippen LogP contribution in [0.3, 0.4) is 0 Å². The van der Waals surface area contributed by atoms with Gasteiger partial charge in [0, 0.05) is 26.2 Å². The third-order valence-electron chi connectivity index (χ3n) is 2.79. The summed E-state index contributed by atoms with van der Waals surface area (Å²) in [6.45, 7) is 7.40. The number of hydrogen-bond donors (Lipinski definition) is 0. The topological polar surface area (TPSA) is 55.2 Å². The van der Waals surface area contributed by atoms with Gasteiger partial charge in [0.1, 0.15) is 5.69 Å². The number of unbranched alkanes of at least 4 members (excludes halogenated alkanes) is 1. The molecule has 0 aliphatic carbocycles. The Morgan fingerprint density at radius 1 is 1.42 bits per heavy atom. The fourth-order valence-electron chi connectivity index (χ4n) is 1.86. The molecule has 0 atom stereocenters. The normalized spacial score (nSPS) is 10.8. The Balaban J connectivity index is 2.88. The highest BCUT2D eigenvalue weighted by atomic mass is 16.2. The van der Waals surface area contributed by atoms with Crippen LogP contribution in [0.25, 0.3) is 0 Å². The molecule has 0 aromatic carbocycles. The minimum atomic E-state index is -0.156. The van der Waals surface area contributed by atoms with Crippen molar-refractivity contribution >= 4 is 5.91 Å². The van der Waals surface area contributed by atoms with Gasteiger partial charge in [0.25, 0.3) is 11.5 Å². The molecule has 1 amide bonds. The van der Waals surface area contributed by atoms with Crippen molar-refractivity contribution in [1.29, 1.82) is 0 Å². The molecule has 0 N–H and O–H groups in total. The van der Waals surface area contributed by atoms with E-state index >= 15 is 0 Å². The molecule has 0 bridgehead atoms. The van der Waals surface area contributed by atoms with Gasteiger partial charge in [-0.25, -0.2) is 4.68 Å². The maximum atomic E-state index is 12.2. The third-order valence-corrected chi connectivity index (χ3v) is 2.79. The molecular formula is C14H23N3O2. The molecule has 0 saturated heterocycles. The monoisotopic (exact) mass is 265 g/mol.